The number of halogens is 2. The van der Waals surface area contributed by atoms with Gasteiger partial charge in [0.15, 0.2) is 0 Å². The first-order valence-electron chi connectivity index (χ1n) is 6.61. The van der Waals surface area contributed by atoms with Crippen LogP contribution in [0.15, 0.2) is 18.2 Å². The Morgan fingerprint density at radius 1 is 1.38 bits per heavy atom. The van der Waals surface area contributed by atoms with Crippen molar-refractivity contribution in [3.05, 3.63) is 18.2 Å². The van der Waals surface area contributed by atoms with Gasteiger partial charge in [-0.3, -0.25) is 0 Å². The predicted octanol–water partition coefficient (Wildman–Crippen LogP) is 4.04. The number of alkyl halides is 2. The number of nitriles is 1. The lowest BCUT2D eigenvalue weighted by Crippen LogP contribution is -2.23. The van der Waals surface area contributed by atoms with Gasteiger partial charge in [0.1, 0.15) is 11.5 Å². The number of methoxy groups -OCH3 is 1. The Kier molecular flexibility index (Phi) is 6.22. The molecule has 4 nitrogen and oxygen atoms in total. The van der Waals surface area contributed by atoms with Gasteiger partial charge in [-0.1, -0.05) is 13.8 Å². The zero-order chi connectivity index (χ0) is 15.9. The molecule has 0 bridgehead atoms. The first kappa shape index (κ1) is 17.0. The van der Waals surface area contributed by atoms with Crippen molar-refractivity contribution in [2.45, 2.75) is 33.3 Å². The molecule has 0 saturated heterocycles. The summed E-state index contributed by atoms with van der Waals surface area (Å²) in [6.45, 7) is 1.66. The van der Waals surface area contributed by atoms with E-state index in [0.717, 1.165) is 0 Å². The van der Waals surface area contributed by atoms with Gasteiger partial charge in [-0.2, -0.15) is 14.0 Å². The van der Waals surface area contributed by atoms with Crippen LogP contribution in [-0.2, 0) is 0 Å². The fourth-order valence-corrected chi connectivity index (χ4v) is 1.79. The second-order valence-corrected chi connectivity index (χ2v) is 5.42. The Hall–Kier alpha value is -2.03. The summed E-state index contributed by atoms with van der Waals surface area (Å²) < 4.78 is 34.4. The van der Waals surface area contributed by atoms with Crippen LogP contribution < -0.4 is 14.8 Å². The minimum Gasteiger partial charge on any atom is -0.497 e. The van der Waals surface area contributed by atoms with Crippen LogP contribution in [0.3, 0.4) is 0 Å². The molecule has 1 N–H and O–H groups in total. The molecule has 0 atom stereocenters. The number of nitrogens with zero attached hydrogens (tertiary/aromatic N) is 1. The highest BCUT2D eigenvalue weighted by Gasteiger charge is 2.19. The van der Waals surface area contributed by atoms with Crippen LogP contribution in [0.4, 0.5) is 14.5 Å². The van der Waals surface area contributed by atoms with E-state index in [1.54, 1.807) is 12.1 Å². The Morgan fingerprint density at radius 2 is 2.10 bits per heavy atom. The number of hydrogen-bond acceptors (Lipinski definition) is 4. The molecule has 0 fully saturated rings. The second kappa shape index (κ2) is 7.67. The summed E-state index contributed by atoms with van der Waals surface area (Å²) in [6.07, 6.45) is 1.17. The van der Waals surface area contributed by atoms with Crippen LogP contribution in [0.5, 0.6) is 11.5 Å². The molecular weight excluding hydrogens is 278 g/mol. The molecule has 1 aromatic rings. The Labute approximate surface area is 123 Å². The molecule has 1 aromatic carbocycles. The molecule has 0 aliphatic rings. The number of hydrogen-bond donors (Lipinski definition) is 1. The van der Waals surface area contributed by atoms with E-state index in [2.05, 4.69) is 16.1 Å². The molecule has 0 radical (unpaired) electrons. The minimum atomic E-state index is -2.88. The van der Waals surface area contributed by atoms with Crippen molar-refractivity contribution < 1.29 is 18.3 Å². The maximum Gasteiger partial charge on any atom is 0.387 e. The van der Waals surface area contributed by atoms with Gasteiger partial charge < -0.3 is 14.8 Å². The maximum atomic E-state index is 12.4. The standard InChI is InChI=1S/C15H20F2N2O2/c1-15(2,7-4-8-18)10-19-12-9-11(20-3)5-6-13(12)21-14(16)17/h5-6,9,14,19H,4,7,10H2,1-3H3. The monoisotopic (exact) mass is 298 g/mol. The molecule has 1 rings (SSSR count). The van der Waals surface area contributed by atoms with Gasteiger partial charge >= 0.3 is 6.61 Å². The lowest BCUT2D eigenvalue weighted by Gasteiger charge is -2.25. The van der Waals surface area contributed by atoms with Crippen molar-refractivity contribution in [2.24, 2.45) is 5.41 Å². The Bertz CT molecular complexity index is 499. The quantitative estimate of drug-likeness (QED) is 0.787. The van der Waals surface area contributed by atoms with E-state index in [0.29, 0.717) is 30.8 Å². The van der Waals surface area contributed by atoms with Gasteiger partial charge in [-0.15, -0.1) is 0 Å². The van der Waals surface area contributed by atoms with Gasteiger partial charge in [-0.25, -0.2) is 0 Å². The van der Waals surface area contributed by atoms with Crippen LogP contribution in [-0.4, -0.2) is 20.3 Å². The molecule has 0 aliphatic carbocycles. The number of anilines is 1. The average molecular weight is 298 g/mol. The van der Waals surface area contributed by atoms with Crippen LogP contribution in [0.1, 0.15) is 26.7 Å². The molecule has 6 heteroatoms. The molecule has 0 spiro atoms. The normalized spacial score (nSPS) is 11.1. The molecular formula is C15H20F2N2O2. The lowest BCUT2D eigenvalue weighted by atomic mass is 9.88. The van der Waals surface area contributed by atoms with E-state index in [4.69, 9.17) is 10.00 Å². The van der Waals surface area contributed by atoms with Gasteiger partial charge in [0.2, 0.25) is 0 Å². The third-order valence-corrected chi connectivity index (χ3v) is 3.07. The molecule has 0 amide bonds. The number of rotatable bonds is 8. The van der Waals surface area contributed by atoms with Crippen molar-refractivity contribution in [1.29, 1.82) is 5.26 Å². The molecule has 0 aliphatic heterocycles. The smallest absolute Gasteiger partial charge is 0.387 e. The fourth-order valence-electron chi connectivity index (χ4n) is 1.79. The zero-order valence-corrected chi connectivity index (χ0v) is 12.5. The van der Waals surface area contributed by atoms with E-state index < -0.39 is 6.61 Å². The molecule has 21 heavy (non-hydrogen) atoms. The van der Waals surface area contributed by atoms with Gasteiger partial charge in [-0.05, 0) is 24.0 Å². The lowest BCUT2D eigenvalue weighted by molar-refractivity contribution is -0.0494. The molecule has 0 aromatic heterocycles. The summed E-state index contributed by atoms with van der Waals surface area (Å²) in [5.74, 6) is 0.621. The summed E-state index contributed by atoms with van der Waals surface area (Å²) >= 11 is 0. The summed E-state index contributed by atoms with van der Waals surface area (Å²) in [7, 11) is 1.50. The first-order valence-corrected chi connectivity index (χ1v) is 6.61. The number of benzene rings is 1. The second-order valence-electron chi connectivity index (χ2n) is 5.42. The van der Waals surface area contributed by atoms with E-state index in [-0.39, 0.29) is 11.2 Å². The highest BCUT2D eigenvalue weighted by Crippen LogP contribution is 2.32. The molecule has 0 saturated carbocycles. The zero-order valence-electron chi connectivity index (χ0n) is 12.5. The molecule has 0 unspecified atom stereocenters. The number of ether oxygens (including phenoxy) is 2. The summed E-state index contributed by atoms with van der Waals surface area (Å²) in [5.41, 5.74) is 0.306. The van der Waals surface area contributed by atoms with Crippen molar-refractivity contribution >= 4 is 5.69 Å². The highest BCUT2D eigenvalue weighted by molar-refractivity contribution is 5.59. The van der Waals surface area contributed by atoms with Crippen LogP contribution >= 0.6 is 0 Å². The van der Waals surface area contributed by atoms with Gasteiger partial charge in [0, 0.05) is 19.0 Å². The van der Waals surface area contributed by atoms with Crippen molar-refractivity contribution in [2.75, 3.05) is 19.0 Å². The predicted molar refractivity (Wildman–Crippen MR) is 76.7 cm³/mol. The van der Waals surface area contributed by atoms with Crippen LogP contribution in [0.25, 0.3) is 0 Å². The summed E-state index contributed by atoms with van der Waals surface area (Å²) in [6, 6.07) is 6.71. The molecule has 116 valence electrons. The van der Waals surface area contributed by atoms with Crippen molar-refractivity contribution in [3.63, 3.8) is 0 Å². The maximum absolute atomic E-state index is 12.4. The van der Waals surface area contributed by atoms with Crippen LogP contribution in [0.2, 0.25) is 0 Å². The van der Waals surface area contributed by atoms with E-state index in [9.17, 15) is 8.78 Å². The van der Waals surface area contributed by atoms with E-state index in [1.165, 1.54) is 13.2 Å². The largest absolute Gasteiger partial charge is 0.497 e. The van der Waals surface area contributed by atoms with Crippen LogP contribution in [0, 0.1) is 16.7 Å². The highest BCUT2D eigenvalue weighted by atomic mass is 19.3. The topological polar surface area (TPSA) is 54.3 Å². The Morgan fingerprint density at radius 3 is 2.67 bits per heavy atom. The Balaban J connectivity index is 2.82. The van der Waals surface area contributed by atoms with E-state index >= 15 is 0 Å². The first-order chi connectivity index (χ1) is 9.88. The molecule has 0 heterocycles. The van der Waals surface area contributed by atoms with E-state index in [1.807, 2.05) is 13.8 Å². The third-order valence-electron chi connectivity index (χ3n) is 3.07. The minimum absolute atomic E-state index is 0.0712. The van der Waals surface area contributed by atoms with Crippen molar-refractivity contribution in [3.8, 4) is 17.6 Å². The van der Waals surface area contributed by atoms with Gasteiger partial charge in [0.25, 0.3) is 0 Å². The summed E-state index contributed by atoms with van der Waals surface area (Å²) in [4.78, 5) is 0. The summed E-state index contributed by atoms with van der Waals surface area (Å²) in [5, 5.41) is 11.7. The van der Waals surface area contributed by atoms with Gasteiger partial charge in [0.05, 0.1) is 18.9 Å². The fraction of sp³-hybridized carbons (Fsp3) is 0.533. The average Bonchev–Trinajstić information content (AvgIpc) is 2.43. The SMILES string of the molecule is COc1ccc(OC(F)F)c(NCC(C)(C)CCC#N)c1. The third kappa shape index (κ3) is 5.86. The number of nitrogens with one attached hydrogen (secondary N) is 1. The van der Waals surface area contributed by atoms with Crippen molar-refractivity contribution in [1.82, 2.24) is 0 Å².